The average molecular weight is 120 g/mol. The molecule has 0 radical (unpaired) electrons. The molecule has 0 spiro atoms. The van der Waals surface area contributed by atoms with Crippen LogP contribution in [0.15, 0.2) is 11.4 Å². The average Bonchev–Trinajstić information content (AvgIpc) is 1.72. The molecule has 2 heteroatoms. The van der Waals surface area contributed by atoms with Crippen LogP contribution in [-0.2, 0) is 0 Å². The Labute approximate surface area is 45.7 Å². The first kappa shape index (κ1) is 7.10. The van der Waals surface area contributed by atoms with Crippen molar-refractivity contribution in [1.82, 2.24) is 0 Å². The molecule has 0 aliphatic rings. The lowest BCUT2D eigenvalue weighted by molar-refractivity contribution is 0.917. The van der Waals surface area contributed by atoms with Gasteiger partial charge >= 0.3 is 0 Å². The van der Waals surface area contributed by atoms with Crippen molar-refractivity contribution in [1.29, 1.82) is 0 Å². The van der Waals surface area contributed by atoms with E-state index in [1.54, 1.807) is 0 Å². The molecule has 0 amide bonds. The molecule has 0 fully saturated rings. The zero-order valence-electron chi connectivity index (χ0n) is 4.66. The summed E-state index contributed by atoms with van der Waals surface area (Å²) in [7, 11) is -0.490. The van der Waals surface area contributed by atoms with E-state index in [4.69, 9.17) is 0 Å². The molecule has 0 bridgehead atoms. The predicted octanol–water partition coefficient (Wildman–Crippen LogP) is 2.86. The third-order valence-corrected chi connectivity index (χ3v) is 1.74. The van der Waals surface area contributed by atoms with Crippen LogP contribution in [0.1, 0.15) is 20.3 Å². The molecule has 0 aromatic carbocycles. The molecule has 0 N–H and O–H groups in total. The van der Waals surface area contributed by atoms with Crippen molar-refractivity contribution in [3.8, 4) is 0 Å². The van der Waals surface area contributed by atoms with Gasteiger partial charge in [-0.25, -0.2) is 4.20 Å². The normalized spacial score (nSPS) is 13.9. The summed E-state index contributed by atoms with van der Waals surface area (Å²) in [5.74, 6) is 0. The number of rotatable bonds is 2. The van der Waals surface area contributed by atoms with Crippen molar-refractivity contribution in [2.45, 2.75) is 20.3 Å². The first-order valence-corrected chi connectivity index (χ1v) is 3.24. The fourth-order valence-corrected chi connectivity index (χ4v) is 0.568. The van der Waals surface area contributed by atoms with E-state index in [9.17, 15) is 4.20 Å². The van der Waals surface area contributed by atoms with E-state index in [0.717, 1.165) is 11.7 Å². The first-order chi connectivity index (χ1) is 3.35. The Morgan fingerprint density at radius 1 is 1.86 bits per heavy atom. The Morgan fingerprint density at radius 3 is 2.43 bits per heavy atom. The van der Waals surface area contributed by atoms with Gasteiger partial charge in [0.15, 0.2) is 0 Å². The maximum absolute atomic E-state index is 11.6. The number of hydrogen-bond acceptors (Lipinski definition) is 0. The third kappa shape index (κ3) is 2.76. The number of hydrogen-bond donors (Lipinski definition) is 0. The Morgan fingerprint density at radius 2 is 2.43 bits per heavy atom. The maximum atomic E-state index is 11.6. The quantitative estimate of drug-likeness (QED) is 0.491. The fourth-order valence-electron chi connectivity index (χ4n) is 0.325. The maximum Gasteiger partial charge on any atom is 0.0940 e. The highest BCUT2D eigenvalue weighted by Gasteiger charge is 1.86. The summed E-state index contributed by atoms with van der Waals surface area (Å²) in [6.45, 7) is 3.83. The van der Waals surface area contributed by atoms with E-state index in [0.29, 0.717) is 0 Å². The lowest BCUT2D eigenvalue weighted by Crippen LogP contribution is -1.61. The molecule has 0 saturated carbocycles. The monoisotopic (exact) mass is 120 g/mol. The molecule has 0 aromatic rings. The smallest absolute Gasteiger partial charge is 0.0940 e. The van der Waals surface area contributed by atoms with Crippen molar-refractivity contribution < 1.29 is 4.20 Å². The third-order valence-electron chi connectivity index (χ3n) is 0.851. The summed E-state index contributed by atoms with van der Waals surface area (Å²) in [6.07, 6.45) is 2.68. The molecule has 0 heterocycles. The van der Waals surface area contributed by atoms with Gasteiger partial charge in [0.25, 0.3) is 0 Å². The SMILES string of the molecule is C/C=C(\CC)PF. The Bertz CT molecular complexity index is 62.5. The van der Waals surface area contributed by atoms with Crippen molar-refractivity contribution in [2.75, 3.05) is 0 Å². The lowest BCUT2D eigenvalue weighted by atomic mass is 10.4. The van der Waals surface area contributed by atoms with Gasteiger partial charge in [-0.3, -0.25) is 0 Å². The minimum absolute atomic E-state index is 0.490. The van der Waals surface area contributed by atoms with Gasteiger partial charge in [-0.1, -0.05) is 13.0 Å². The van der Waals surface area contributed by atoms with Gasteiger partial charge in [0.2, 0.25) is 0 Å². The first-order valence-electron chi connectivity index (χ1n) is 2.37. The summed E-state index contributed by atoms with van der Waals surface area (Å²) in [6, 6.07) is 0. The summed E-state index contributed by atoms with van der Waals surface area (Å²) < 4.78 is 11.6. The van der Waals surface area contributed by atoms with Gasteiger partial charge in [0.05, 0.1) is 8.89 Å². The summed E-state index contributed by atoms with van der Waals surface area (Å²) >= 11 is 0. The highest BCUT2D eigenvalue weighted by molar-refractivity contribution is 7.37. The van der Waals surface area contributed by atoms with Crippen LogP contribution in [0, 0.1) is 0 Å². The Balaban J connectivity index is 3.38. The van der Waals surface area contributed by atoms with Crippen LogP contribution >= 0.6 is 8.89 Å². The minimum atomic E-state index is -0.490. The van der Waals surface area contributed by atoms with Crippen LogP contribution < -0.4 is 0 Å². The second kappa shape index (κ2) is 4.26. The molecule has 42 valence electrons. The zero-order valence-corrected chi connectivity index (χ0v) is 5.66. The lowest BCUT2D eigenvalue weighted by Gasteiger charge is -1.89. The molecule has 1 unspecified atom stereocenters. The van der Waals surface area contributed by atoms with Crippen LogP contribution in [0.4, 0.5) is 4.20 Å². The molecule has 1 atom stereocenters. The van der Waals surface area contributed by atoms with Crippen LogP contribution in [0.5, 0.6) is 0 Å². The zero-order chi connectivity index (χ0) is 5.70. The van der Waals surface area contributed by atoms with Crippen molar-refractivity contribution >= 4 is 8.89 Å². The van der Waals surface area contributed by atoms with E-state index < -0.39 is 8.89 Å². The Kier molecular flexibility index (Phi) is 4.32. The van der Waals surface area contributed by atoms with Crippen molar-refractivity contribution in [3.63, 3.8) is 0 Å². The topological polar surface area (TPSA) is 0 Å². The Hall–Kier alpha value is 0.100. The summed E-state index contributed by atoms with van der Waals surface area (Å²) in [4.78, 5) is 0. The van der Waals surface area contributed by atoms with Gasteiger partial charge in [-0.15, -0.1) is 0 Å². The molecular weight excluding hydrogens is 110 g/mol. The number of halogens is 1. The second-order valence-electron chi connectivity index (χ2n) is 1.26. The predicted molar refractivity (Wildman–Crippen MR) is 33.5 cm³/mol. The van der Waals surface area contributed by atoms with Crippen LogP contribution in [0.3, 0.4) is 0 Å². The van der Waals surface area contributed by atoms with Crippen LogP contribution in [-0.4, -0.2) is 0 Å². The molecule has 0 nitrogen and oxygen atoms in total. The molecule has 0 rings (SSSR count). The highest BCUT2D eigenvalue weighted by atomic mass is 31.1. The van der Waals surface area contributed by atoms with Gasteiger partial charge in [0.1, 0.15) is 0 Å². The summed E-state index contributed by atoms with van der Waals surface area (Å²) in [5.41, 5.74) is 0. The van der Waals surface area contributed by atoms with E-state index in [1.165, 1.54) is 0 Å². The molecule has 0 aliphatic carbocycles. The fraction of sp³-hybridized carbons (Fsp3) is 0.600. The summed E-state index contributed by atoms with van der Waals surface area (Å²) in [5, 5.41) is 0.917. The standard InChI is InChI=1S/C5H10FP/c1-3-5(4-2)7-6/h3,7H,4H2,1-2H3/b5-3+. The van der Waals surface area contributed by atoms with E-state index >= 15 is 0 Å². The molecule has 7 heavy (non-hydrogen) atoms. The van der Waals surface area contributed by atoms with Crippen molar-refractivity contribution in [3.05, 3.63) is 11.4 Å². The van der Waals surface area contributed by atoms with E-state index in [2.05, 4.69) is 0 Å². The number of allylic oxidation sites excluding steroid dienone is 2. The van der Waals surface area contributed by atoms with Gasteiger partial charge in [0, 0.05) is 0 Å². The molecule has 0 aromatic heterocycles. The van der Waals surface area contributed by atoms with Crippen LogP contribution in [0.2, 0.25) is 0 Å². The van der Waals surface area contributed by atoms with Gasteiger partial charge in [-0.05, 0) is 18.7 Å². The van der Waals surface area contributed by atoms with Crippen molar-refractivity contribution in [2.24, 2.45) is 0 Å². The highest BCUT2D eigenvalue weighted by Crippen LogP contribution is 2.26. The molecular formula is C5H10FP. The molecule has 0 aliphatic heterocycles. The molecule has 0 saturated heterocycles. The van der Waals surface area contributed by atoms with Crippen LogP contribution in [0.25, 0.3) is 0 Å². The van der Waals surface area contributed by atoms with E-state index in [-0.39, 0.29) is 0 Å². The largest absolute Gasteiger partial charge is 0.226 e. The second-order valence-corrected chi connectivity index (χ2v) is 2.09. The van der Waals surface area contributed by atoms with Gasteiger partial charge in [-0.2, -0.15) is 0 Å². The minimum Gasteiger partial charge on any atom is -0.226 e. The van der Waals surface area contributed by atoms with Gasteiger partial charge < -0.3 is 0 Å². The van der Waals surface area contributed by atoms with E-state index in [1.807, 2.05) is 19.9 Å².